The van der Waals surface area contributed by atoms with E-state index in [1.807, 2.05) is 36.4 Å². The molecule has 3 rings (SSSR count). The SMILES string of the molecule is CCCCCC1CCC(c2ccc(-c3ccc(C(C)=O)cc3)cc2F)CC1. The van der Waals surface area contributed by atoms with Gasteiger partial charge in [-0.25, -0.2) is 4.39 Å². The van der Waals surface area contributed by atoms with Crippen LogP contribution in [0, 0.1) is 11.7 Å². The molecule has 1 aliphatic carbocycles. The highest BCUT2D eigenvalue weighted by Crippen LogP contribution is 2.39. The quantitative estimate of drug-likeness (QED) is 0.365. The molecule has 2 aromatic carbocycles. The highest BCUT2D eigenvalue weighted by Gasteiger charge is 2.24. The molecule has 0 amide bonds. The first kappa shape index (κ1) is 19.8. The van der Waals surface area contributed by atoms with Crippen molar-refractivity contribution in [1.82, 2.24) is 0 Å². The van der Waals surface area contributed by atoms with Gasteiger partial charge in [0.15, 0.2) is 5.78 Å². The van der Waals surface area contributed by atoms with Crippen LogP contribution in [0.4, 0.5) is 4.39 Å². The largest absolute Gasteiger partial charge is 0.295 e. The molecule has 0 aliphatic heterocycles. The van der Waals surface area contributed by atoms with Crippen LogP contribution in [0.1, 0.15) is 87.1 Å². The normalized spacial score (nSPS) is 19.8. The van der Waals surface area contributed by atoms with E-state index >= 15 is 0 Å². The summed E-state index contributed by atoms with van der Waals surface area (Å²) in [6.45, 7) is 3.81. The third-order valence-corrected chi connectivity index (χ3v) is 6.13. The van der Waals surface area contributed by atoms with E-state index in [9.17, 15) is 9.18 Å². The molecule has 1 saturated carbocycles. The highest BCUT2D eigenvalue weighted by atomic mass is 19.1. The summed E-state index contributed by atoms with van der Waals surface area (Å²) < 4.78 is 14.8. The van der Waals surface area contributed by atoms with Gasteiger partial charge in [0.2, 0.25) is 0 Å². The Kier molecular flexibility index (Phi) is 6.82. The van der Waals surface area contributed by atoms with E-state index in [0.29, 0.717) is 11.5 Å². The smallest absolute Gasteiger partial charge is 0.159 e. The molecule has 0 saturated heterocycles. The molecule has 1 aliphatic rings. The van der Waals surface area contributed by atoms with Gasteiger partial charge < -0.3 is 0 Å². The van der Waals surface area contributed by atoms with Crippen molar-refractivity contribution < 1.29 is 9.18 Å². The number of benzene rings is 2. The van der Waals surface area contributed by atoms with E-state index < -0.39 is 0 Å². The molecular weight excluding hydrogens is 335 g/mol. The molecule has 2 heteroatoms. The molecule has 0 aromatic heterocycles. The zero-order valence-electron chi connectivity index (χ0n) is 16.6. The molecular formula is C25H31FO. The van der Waals surface area contributed by atoms with Gasteiger partial charge in [0, 0.05) is 5.56 Å². The maximum absolute atomic E-state index is 14.8. The first-order chi connectivity index (χ1) is 13.1. The molecule has 0 spiro atoms. The molecule has 0 N–H and O–H groups in total. The van der Waals surface area contributed by atoms with Crippen molar-refractivity contribution in [2.75, 3.05) is 0 Å². The van der Waals surface area contributed by atoms with Crippen LogP contribution in [0.25, 0.3) is 11.1 Å². The molecule has 0 radical (unpaired) electrons. The van der Waals surface area contributed by atoms with Crippen LogP contribution in [0.5, 0.6) is 0 Å². The second-order valence-electron chi connectivity index (χ2n) is 8.08. The number of unbranched alkanes of at least 4 members (excludes halogenated alkanes) is 2. The summed E-state index contributed by atoms with van der Waals surface area (Å²) in [6, 6.07) is 13.1. The number of Topliss-reactive ketones (excluding diaryl/α,β-unsaturated/α-hetero) is 1. The predicted octanol–water partition coefficient (Wildman–Crippen LogP) is 7.55. The number of carbonyl (C=O) groups is 1. The van der Waals surface area contributed by atoms with Crippen molar-refractivity contribution in [3.05, 3.63) is 59.4 Å². The van der Waals surface area contributed by atoms with Gasteiger partial charge in [0.05, 0.1) is 0 Å². The van der Waals surface area contributed by atoms with Crippen molar-refractivity contribution in [2.24, 2.45) is 5.92 Å². The monoisotopic (exact) mass is 366 g/mol. The highest BCUT2D eigenvalue weighted by molar-refractivity contribution is 5.94. The van der Waals surface area contributed by atoms with Gasteiger partial charge >= 0.3 is 0 Å². The van der Waals surface area contributed by atoms with E-state index in [0.717, 1.165) is 35.4 Å². The Balaban J connectivity index is 1.64. The lowest BCUT2D eigenvalue weighted by atomic mass is 9.76. The van der Waals surface area contributed by atoms with E-state index in [2.05, 4.69) is 6.92 Å². The Hall–Kier alpha value is -1.96. The van der Waals surface area contributed by atoms with Crippen molar-refractivity contribution in [3.8, 4) is 11.1 Å². The molecule has 0 unspecified atom stereocenters. The van der Waals surface area contributed by atoms with Crippen LogP contribution in [-0.2, 0) is 0 Å². The lowest BCUT2D eigenvalue weighted by Gasteiger charge is -2.29. The Bertz CT molecular complexity index is 754. The average molecular weight is 367 g/mol. The van der Waals surface area contributed by atoms with Gasteiger partial charge in [-0.3, -0.25) is 4.79 Å². The first-order valence-corrected chi connectivity index (χ1v) is 10.5. The van der Waals surface area contributed by atoms with Crippen molar-refractivity contribution >= 4 is 5.78 Å². The second kappa shape index (κ2) is 9.30. The average Bonchev–Trinajstić information content (AvgIpc) is 2.69. The summed E-state index contributed by atoms with van der Waals surface area (Å²) in [6.07, 6.45) is 10.0. The molecule has 27 heavy (non-hydrogen) atoms. The van der Waals surface area contributed by atoms with Gasteiger partial charge in [0.1, 0.15) is 5.82 Å². The van der Waals surface area contributed by atoms with Crippen LogP contribution < -0.4 is 0 Å². The van der Waals surface area contributed by atoms with Gasteiger partial charge in [-0.2, -0.15) is 0 Å². The number of hydrogen-bond acceptors (Lipinski definition) is 1. The third-order valence-electron chi connectivity index (χ3n) is 6.13. The predicted molar refractivity (Wildman–Crippen MR) is 111 cm³/mol. The standard InChI is InChI=1S/C25H31FO/c1-3-4-5-6-19-7-9-22(10-8-19)24-16-15-23(17-25(24)26)21-13-11-20(12-14-21)18(2)27/h11-17,19,22H,3-10H2,1-2H3. The molecule has 0 atom stereocenters. The topological polar surface area (TPSA) is 17.1 Å². The summed E-state index contributed by atoms with van der Waals surface area (Å²) in [5.74, 6) is 1.17. The minimum atomic E-state index is -0.0856. The number of halogens is 1. The molecule has 0 bridgehead atoms. The fourth-order valence-corrected chi connectivity index (χ4v) is 4.38. The van der Waals surface area contributed by atoms with Crippen LogP contribution in [-0.4, -0.2) is 5.78 Å². The summed E-state index contributed by atoms with van der Waals surface area (Å²) in [5, 5.41) is 0. The van der Waals surface area contributed by atoms with E-state index in [1.54, 1.807) is 13.0 Å². The van der Waals surface area contributed by atoms with E-state index in [-0.39, 0.29) is 11.6 Å². The second-order valence-corrected chi connectivity index (χ2v) is 8.08. The maximum Gasteiger partial charge on any atom is 0.159 e. The maximum atomic E-state index is 14.8. The van der Waals surface area contributed by atoms with Crippen molar-refractivity contribution in [1.29, 1.82) is 0 Å². The number of hydrogen-bond donors (Lipinski definition) is 0. The Labute approximate surface area is 163 Å². The van der Waals surface area contributed by atoms with Crippen LogP contribution in [0.15, 0.2) is 42.5 Å². The van der Waals surface area contributed by atoms with E-state index in [1.165, 1.54) is 38.5 Å². The molecule has 1 fully saturated rings. The minimum Gasteiger partial charge on any atom is -0.295 e. The number of carbonyl (C=O) groups excluding carboxylic acids is 1. The minimum absolute atomic E-state index is 0.0494. The van der Waals surface area contributed by atoms with Gasteiger partial charge in [-0.15, -0.1) is 0 Å². The Morgan fingerprint density at radius 2 is 1.63 bits per heavy atom. The third kappa shape index (κ3) is 5.06. The fraction of sp³-hybridized carbons (Fsp3) is 0.480. The number of ketones is 1. The number of rotatable bonds is 7. The van der Waals surface area contributed by atoms with Crippen LogP contribution in [0.3, 0.4) is 0 Å². The van der Waals surface area contributed by atoms with Crippen LogP contribution >= 0.6 is 0 Å². The first-order valence-electron chi connectivity index (χ1n) is 10.5. The summed E-state index contributed by atoms with van der Waals surface area (Å²) >= 11 is 0. The van der Waals surface area contributed by atoms with Gasteiger partial charge in [-0.05, 0) is 67.2 Å². The zero-order valence-corrected chi connectivity index (χ0v) is 16.6. The zero-order chi connectivity index (χ0) is 19.2. The van der Waals surface area contributed by atoms with Crippen molar-refractivity contribution in [3.63, 3.8) is 0 Å². The van der Waals surface area contributed by atoms with E-state index in [4.69, 9.17) is 0 Å². The molecule has 144 valence electrons. The fourth-order valence-electron chi connectivity index (χ4n) is 4.38. The lowest BCUT2D eigenvalue weighted by Crippen LogP contribution is -2.14. The Morgan fingerprint density at radius 3 is 2.22 bits per heavy atom. The lowest BCUT2D eigenvalue weighted by molar-refractivity contribution is 0.101. The summed E-state index contributed by atoms with van der Waals surface area (Å²) in [7, 11) is 0. The molecule has 1 nitrogen and oxygen atoms in total. The van der Waals surface area contributed by atoms with Gasteiger partial charge in [0.25, 0.3) is 0 Å². The summed E-state index contributed by atoms with van der Waals surface area (Å²) in [4.78, 5) is 11.4. The van der Waals surface area contributed by atoms with Crippen LogP contribution in [0.2, 0.25) is 0 Å². The molecule has 0 heterocycles. The summed E-state index contributed by atoms with van der Waals surface area (Å²) in [5.41, 5.74) is 3.39. The Morgan fingerprint density at radius 1 is 0.963 bits per heavy atom. The van der Waals surface area contributed by atoms with Gasteiger partial charge in [-0.1, -0.05) is 69.0 Å². The van der Waals surface area contributed by atoms with Crippen molar-refractivity contribution in [2.45, 2.75) is 71.1 Å². The molecule has 2 aromatic rings.